The van der Waals surface area contributed by atoms with E-state index in [0.29, 0.717) is 6.54 Å². The van der Waals surface area contributed by atoms with Gasteiger partial charge in [-0.05, 0) is 38.0 Å². The van der Waals surface area contributed by atoms with Gasteiger partial charge in [0.05, 0.1) is 10.9 Å². The first-order valence-corrected chi connectivity index (χ1v) is 7.83. The van der Waals surface area contributed by atoms with Gasteiger partial charge in [0.25, 0.3) is 5.91 Å². The van der Waals surface area contributed by atoms with Gasteiger partial charge in [0.15, 0.2) is 0 Å². The number of amides is 1. The van der Waals surface area contributed by atoms with Crippen LogP contribution in [0.15, 0.2) is 40.1 Å². The largest absolute Gasteiger partial charge is 0.332 e. The Kier molecular flexibility index (Phi) is 2.74. The topological polar surface area (TPSA) is 54.5 Å². The molecule has 0 spiro atoms. The Morgan fingerprint density at radius 1 is 1.21 bits per heavy atom. The number of carbonyl (C=O) groups excluding carboxylic acids is 1. The lowest BCUT2D eigenvalue weighted by Gasteiger charge is -2.14. The fourth-order valence-electron chi connectivity index (χ4n) is 2.65. The molecule has 1 aromatic rings. The van der Waals surface area contributed by atoms with E-state index in [1.54, 1.807) is 35.2 Å². The Labute approximate surface area is 112 Å². The summed E-state index contributed by atoms with van der Waals surface area (Å²) in [4.78, 5) is 13.9. The molecule has 1 amide bonds. The highest BCUT2D eigenvalue weighted by atomic mass is 32.2. The van der Waals surface area contributed by atoms with Crippen molar-refractivity contribution in [1.29, 1.82) is 0 Å². The van der Waals surface area contributed by atoms with Crippen molar-refractivity contribution in [2.24, 2.45) is 0 Å². The molecule has 1 fully saturated rings. The van der Waals surface area contributed by atoms with Crippen molar-refractivity contribution in [3.63, 3.8) is 0 Å². The number of fused-ring (bicyclic) bond motifs is 1. The van der Waals surface area contributed by atoms with Crippen LogP contribution in [0.3, 0.4) is 0 Å². The molecule has 3 rings (SSSR count). The molecule has 2 aliphatic rings. The summed E-state index contributed by atoms with van der Waals surface area (Å²) in [7, 11) is -3.68. The lowest BCUT2D eigenvalue weighted by atomic mass is 10.2. The zero-order chi connectivity index (χ0) is 13.6. The van der Waals surface area contributed by atoms with E-state index in [1.807, 2.05) is 6.92 Å². The minimum absolute atomic E-state index is 0.0253. The normalized spacial score (nSPS) is 22.6. The zero-order valence-corrected chi connectivity index (χ0v) is 11.5. The maximum absolute atomic E-state index is 12.5. The van der Waals surface area contributed by atoms with E-state index in [1.165, 1.54) is 0 Å². The number of benzene rings is 1. The molecule has 0 radical (unpaired) electrons. The van der Waals surface area contributed by atoms with Crippen molar-refractivity contribution in [2.75, 3.05) is 6.54 Å². The number of hydrogen-bond acceptors (Lipinski definition) is 3. The number of carbonyl (C=O) groups is 1. The molecule has 4 nitrogen and oxygen atoms in total. The summed E-state index contributed by atoms with van der Waals surface area (Å²) in [5.41, 5.74) is 0.992. The van der Waals surface area contributed by atoms with Gasteiger partial charge < -0.3 is 4.90 Å². The molecular weight excluding hydrogens is 262 g/mol. The molecule has 2 heterocycles. The number of nitrogens with zero attached hydrogens (tertiary/aromatic N) is 1. The maximum Gasteiger partial charge on any atom is 0.266 e. The maximum atomic E-state index is 12.5. The van der Waals surface area contributed by atoms with E-state index in [-0.39, 0.29) is 21.7 Å². The van der Waals surface area contributed by atoms with Crippen LogP contribution in [0.1, 0.15) is 18.4 Å². The predicted octanol–water partition coefficient (Wildman–Crippen LogP) is 1.66. The van der Waals surface area contributed by atoms with Crippen LogP contribution in [-0.2, 0) is 14.6 Å². The van der Waals surface area contributed by atoms with Crippen LogP contribution in [0.2, 0.25) is 0 Å². The third-order valence-corrected chi connectivity index (χ3v) is 5.52. The molecule has 0 bridgehead atoms. The second-order valence-corrected chi connectivity index (χ2v) is 6.97. The molecule has 0 aliphatic carbocycles. The fourth-order valence-corrected chi connectivity index (χ4v) is 4.09. The lowest BCUT2D eigenvalue weighted by molar-refractivity contribution is -0.125. The summed E-state index contributed by atoms with van der Waals surface area (Å²) in [5.74, 6) is -0.344. The highest BCUT2D eigenvalue weighted by Crippen LogP contribution is 2.32. The Bertz CT molecular complexity index is 658. The van der Waals surface area contributed by atoms with Crippen LogP contribution in [-0.4, -0.2) is 31.8 Å². The molecule has 1 aromatic carbocycles. The summed E-state index contributed by atoms with van der Waals surface area (Å²) >= 11 is 0. The minimum Gasteiger partial charge on any atom is -0.332 e. The molecule has 0 saturated carbocycles. The summed E-state index contributed by atoms with van der Waals surface area (Å²) in [5, 5.41) is 0. The lowest BCUT2D eigenvalue weighted by Crippen LogP contribution is -2.30. The van der Waals surface area contributed by atoms with Gasteiger partial charge in [-0.25, -0.2) is 8.42 Å². The van der Waals surface area contributed by atoms with E-state index >= 15 is 0 Å². The van der Waals surface area contributed by atoms with Crippen LogP contribution in [0.5, 0.6) is 0 Å². The average Bonchev–Trinajstić information content (AvgIpc) is 2.93. The number of aryl methyl sites for hydroxylation is 1. The Hall–Kier alpha value is -1.62. The highest BCUT2D eigenvalue weighted by molar-refractivity contribution is 7.96. The summed E-state index contributed by atoms with van der Waals surface area (Å²) < 4.78 is 24.9. The van der Waals surface area contributed by atoms with E-state index < -0.39 is 9.84 Å². The van der Waals surface area contributed by atoms with Gasteiger partial charge in [-0.15, -0.1) is 0 Å². The molecular formula is C14H15NO3S. The monoisotopic (exact) mass is 277 g/mol. The molecule has 100 valence electrons. The van der Waals surface area contributed by atoms with Crippen LogP contribution < -0.4 is 0 Å². The van der Waals surface area contributed by atoms with Crippen molar-refractivity contribution in [3.8, 4) is 0 Å². The standard InChI is InChI=1S/C14H15NO3S/c1-10-4-6-12(7-5-10)19(17,18)13-9-11-3-2-8-15(11)14(13)16/h4-7,9,11H,2-3,8H2,1H3. The van der Waals surface area contributed by atoms with Crippen molar-refractivity contribution in [1.82, 2.24) is 4.90 Å². The summed E-state index contributed by atoms with van der Waals surface area (Å²) in [6, 6.07) is 6.58. The van der Waals surface area contributed by atoms with Gasteiger partial charge in [0.2, 0.25) is 9.84 Å². The van der Waals surface area contributed by atoms with Gasteiger partial charge >= 0.3 is 0 Å². The van der Waals surface area contributed by atoms with Crippen LogP contribution in [0.25, 0.3) is 0 Å². The van der Waals surface area contributed by atoms with Crippen LogP contribution in [0, 0.1) is 6.92 Å². The Balaban J connectivity index is 2.02. The van der Waals surface area contributed by atoms with Gasteiger partial charge in [0.1, 0.15) is 4.91 Å². The number of rotatable bonds is 2. The Morgan fingerprint density at radius 3 is 2.53 bits per heavy atom. The predicted molar refractivity (Wildman–Crippen MR) is 71.2 cm³/mol. The highest BCUT2D eigenvalue weighted by Gasteiger charge is 2.41. The van der Waals surface area contributed by atoms with Gasteiger partial charge in [-0.3, -0.25) is 4.79 Å². The minimum atomic E-state index is -3.68. The summed E-state index contributed by atoms with van der Waals surface area (Å²) in [6.45, 7) is 2.55. The SMILES string of the molecule is Cc1ccc(S(=O)(=O)C2=CC3CCCN3C2=O)cc1. The third-order valence-electron chi connectivity index (χ3n) is 3.74. The quantitative estimate of drug-likeness (QED) is 0.826. The molecule has 0 aromatic heterocycles. The smallest absolute Gasteiger partial charge is 0.266 e. The first kappa shape index (κ1) is 12.4. The molecule has 5 heteroatoms. The number of sulfone groups is 1. The zero-order valence-electron chi connectivity index (χ0n) is 10.7. The second-order valence-electron chi connectivity index (χ2n) is 5.06. The summed E-state index contributed by atoms with van der Waals surface area (Å²) in [6.07, 6.45) is 3.42. The third kappa shape index (κ3) is 1.89. The molecule has 1 saturated heterocycles. The van der Waals surface area contributed by atoms with E-state index in [9.17, 15) is 13.2 Å². The second kappa shape index (κ2) is 4.20. The molecule has 1 unspecified atom stereocenters. The van der Waals surface area contributed by atoms with Crippen LogP contribution >= 0.6 is 0 Å². The molecule has 1 atom stereocenters. The molecule has 2 aliphatic heterocycles. The van der Waals surface area contributed by atoms with Crippen molar-refractivity contribution < 1.29 is 13.2 Å². The Morgan fingerprint density at radius 2 is 1.89 bits per heavy atom. The van der Waals surface area contributed by atoms with Gasteiger partial charge in [-0.1, -0.05) is 17.7 Å². The first-order valence-electron chi connectivity index (χ1n) is 6.35. The van der Waals surface area contributed by atoms with Crippen molar-refractivity contribution in [3.05, 3.63) is 40.8 Å². The van der Waals surface area contributed by atoms with Gasteiger partial charge in [0, 0.05) is 6.54 Å². The van der Waals surface area contributed by atoms with E-state index in [0.717, 1.165) is 18.4 Å². The van der Waals surface area contributed by atoms with E-state index in [2.05, 4.69) is 0 Å². The van der Waals surface area contributed by atoms with Gasteiger partial charge in [-0.2, -0.15) is 0 Å². The fraction of sp³-hybridized carbons (Fsp3) is 0.357. The number of hydrogen-bond donors (Lipinski definition) is 0. The first-order chi connectivity index (χ1) is 9.00. The average molecular weight is 277 g/mol. The molecule has 0 N–H and O–H groups in total. The van der Waals surface area contributed by atoms with Crippen molar-refractivity contribution >= 4 is 15.7 Å². The van der Waals surface area contributed by atoms with E-state index in [4.69, 9.17) is 0 Å². The molecule has 19 heavy (non-hydrogen) atoms. The van der Waals surface area contributed by atoms with Crippen LogP contribution in [0.4, 0.5) is 0 Å². The van der Waals surface area contributed by atoms with Crippen molar-refractivity contribution in [2.45, 2.75) is 30.7 Å².